The Morgan fingerprint density at radius 1 is 1.13 bits per heavy atom. The van der Waals surface area contributed by atoms with Crippen molar-refractivity contribution >= 4 is 5.97 Å². The van der Waals surface area contributed by atoms with Gasteiger partial charge in [-0.3, -0.25) is 10.1 Å². The number of nitrogens with one attached hydrogen (secondary N) is 1. The van der Waals surface area contributed by atoms with Crippen molar-refractivity contribution in [3.8, 4) is 0 Å². The van der Waals surface area contributed by atoms with Crippen LogP contribution in [0.15, 0.2) is 24.3 Å². The molecule has 1 aliphatic carbocycles. The number of benzene rings is 1. The van der Waals surface area contributed by atoms with Crippen molar-refractivity contribution in [1.82, 2.24) is 5.32 Å². The molecule has 0 aliphatic heterocycles. The molecule has 2 rings (SSSR count). The minimum Gasteiger partial charge on any atom is -0.468 e. The van der Waals surface area contributed by atoms with Crippen molar-refractivity contribution in [1.29, 1.82) is 0 Å². The van der Waals surface area contributed by atoms with E-state index in [2.05, 4.69) is 50.4 Å². The second-order valence-electron chi connectivity index (χ2n) is 7.20. The first-order valence-corrected chi connectivity index (χ1v) is 8.93. The van der Waals surface area contributed by atoms with Gasteiger partial charge in [0, 0.05) is 6.04 Å². The predicted molar refractivity (Wildman–Crippen MR) is 94.3 cm³/mol. The fourth-order valence-electron chi connectivity index (χ4n) is 3.60. The summed E-state index contributed by atoms with van der Waals surface area (Å²) in [5.41, 5.74) is 2.56. The average molecular weight is 317 g/mol. The van der Waals surface area contributed by atoms with Crippen LogP contribution in [0.3, 0.4) is 0 Å². The van der Waals surface area contributed by atoms with Gasteiger partial charge in [-0.15, -0.1) is 0 Å². The highest BCUT2D eigenvalue weighted by Crippen LogP contribution is 2.35. The van der Waals surface area contributed by atoms with Crippen molar-refractivity contribution < 1.29 is 9.53 Å². The monoisotopic (exact) mass is 317 g/mol. The van der Waals surface area contributed by atoms with E-state index in [4.69, 9.17) is 4.74 Å². The lowest BCUT2D eigenvalue weighted by molar-refractivity contribution is -0.144. The molecule has 23 heavy (non-hydrogen) atoms. The summed E-state index contributed by atoms with van der Waals surface area (Å²) in [6.07, 6.45) is 6.38. The molecule has 0 radical (unpaired) electrons. The van der Waals surface area contributed by atoms with Gasteiger partial charge in [0.2, 0.25) is 0 Å². The largest absolute Gasteiger partial charge is 0.468 e. The molecule has 1 aromatic carbocycles. The number of ether oxygens (including phenoxy) is 1. The summed E-state index contributed by atoms with van der Waals surface area (Å²) in [5, 5.41) is 3.64. The quantitative estimate of drug-likeness (QED) is 0.790. The number of esters is 1. The molecule has 2 atom stereocenters. The molecule has 0 bridgehead atoms. The first-order valence-electron chi connectivity index (χ1n) is 8.93. The van der Waals surface area contributed by atoms with E-state index >= 15 is 0 Å². The molecule has 0 heterocycles. The van der Waals surface area contributed by atoms with E-state index in [1.807, 2.05) is 0 Å². The first-order chi connectivity index (χ1) is 11.0. The van der Waals surface area contributed by atoms with Crippen LogP contribution in [-0.2, 0) is 9.53 Å². The molecule has 0 amide bonds. The second kappa shape index (κ2) is 8.49. The van der Waals surface area contributed by atoms with Gasteiger partial charge >= 0.3 is 5.97 Å². The molecule has 1 N–H and O–H groups in total. The van der Waals surface area contributed by atoms with Crippen molar-refractivity contribution in [2.45, 2.75) is 65.0 Å². The Labute approximate surface area is 140 Å². The lowest BCUT2D eigenvalue weighted by Crippen LogP contribution is -2.46. The summed E-state index contributed by atoms with van der Waals surface area (Å²) < 4.78 is 5.02. The van der Waals surface area contributed by atoms with Gasteiger partial charge < -0.3 is 4.74 Å². The van der Waals surface area contributed by atoms with E-state index in [0.717, 1.165) is 0 Å². The molecular formula is C20H31NO2. The normalized spacial score (nSPS) is 18.7. The van der Waals surface area contributed by atoms with Crippen LogP contribution >= 0.6 is 0 Å². The lowest BCUT2D eigenvalue weighted by atomic mass is 9.80. The zero-order valence-electron chi connectivity index (χ0n) is 15.0. The molecule has 0 saturated heterocycles. The van der Waals surface area contributed by atoms with Gasteiger partial charge in [-0.2, -0.15) is 0 Å². The van der Waals surface area contributed by atoms with Crippen LogP contribution in [0.1, 0.15) is 63.1 Å². The van der Waals surface area contributed by atoms with E-state index in [1.165, 1.54) is 50.3 Å². The van der Waals surface area contributed by atoms with Gasteiger partial charge in [0.25, 0.3) is 0 Å². The third kappa shape index (κ3) is 4.81. The molecule has 0 unspecified atom stereocenters. The smallest absolute Gasteiger partial charge is 0.323 e. The van der Waals surface area contributed by atoms with E-state index in [1.54, 1.807) is 0 Å². The zero-order chi connectivity index (χ0) is 16.8. The van der Waals surface area contributed by atoms with Crippen LogP contribution < -0.4 is 5.32 Å². The van der Waals surface area contributed by atoms with Crippen LogP contribution in [0, 0.1) is 18.8 Å². The van der Waals surface area contributed by atoms with Crippen LogP contribution in [0.4, 0.5) is 0 Å². The number of carbonyl (C=O) groups excluding carboxylic acids is 1. The van der Waals surface area contributed by atoms with Crippen molar-refractivity contribution in [3.05, 3.63) is 35.4 Å². The van der Waals surface area contributed by atoms with Gasteiger partial charge in [0.05, 0.1) is 7.11 Å². The zero-order valence-corrected chi connectivity index (χ0v) is 15.0. The second-order valence-corrected chi connectivity index (χ2v) is 7.20. The van der Waals surface area contributed by atoms with E-state index in [9.17, 15) is 4.79 Å². The maximum absolute atomic E-state index is 12.2. The summed E-state index contributed by atoms with van der Waals surface area (Å²) in [5.74, 6) is 0.643. The number of methoxy groups -OCH3 is 1. The topological polar surface area (TPSA) is 38.3 Å². The molecule has 3 nitrogen and oxygen atoms in total. The first kappa shape index (κ1) is 18.0. The van der Waals surface area contributed by atoms with Gasteiger partial charge in [0.1, 0.15) is 6.04 Å². The number of carbonyl (C=O) groups is 1. The predicted octanol–water partition coefficient (Wildman–Crippen LogP) is 4.40. The third-order valence-corrected chi connectivity index (χ3v) is 5.04. The summed E-state index contributed by atoms with van der Waals surface area (Å²) in [6, 6.07) is 8.70. The summed E-state index contributed by atoms with van der Waals surface area (Å²) in [7, 11) is 1.47. The summed E-state index contributed by atoms with van der Waals surface area (Å²) in [4.78, 5) is 12.2. The number of aryl methyl sites for hydroxylation is 1. The Morgan fingerprint density at radius 2 is 1.74 bits per heavy atom. The number of hydrogen-bond acceptors (Lipinski definition) is 3. The van der Waals surface area contributed by atoms with Crippen LogP contribution in [0.25, 0.3) is 0 Å². The number of rotatable bonds is 6. The molecular weight excluding hydrogens is 286 g/mol. The SMILES string of the molecule is COC(=O)[C@@H](N[C@H](c1ccc(C)cc1)C1CCCCC1)C(C)C. The lowest BCUT2D eigenvalue weighted by Gasteiger charge is -2.35. The van der Waals surface area contributed by atoms with Crippen molar-refractivity contribution in [2.75, 3.05) is 7.11 Å². The maximum Gasteiger partial charge on any atom is 0.323 e. The van der Waals surface area contributed by atoms with Gasteiger partial charge in [0.15, 0.2) is 0 Å². The van der Waals surface area contributed by atoms with E-state index < -0.39 is 0 Å². The molecule has 3 heteroatoms. The summed E-state index contributed by atoms with van der Waals surface area (Å²) >= 11 is 0. The van der Waals surface area contributed by atoms with Crippen molar-refractivity contribution in [2.24, 2.45) is 11.8 Å². The van der Waals surface area contributed by atoms with Crippen LogP contribution in [0.5, 0.6) is 0 Å². The Balaban J connectivity index is 2.24. The fraction of sp³-hybridized carbons (Fsp3) is 0.650. The average Bonchev–Trinajstić information content (AvgIpc) is 2.57. The Hall–Kier alpha value is -1.35. The molecule has 1 saturated carbocycles. The Bertz CT molecular complexity index is 489. The molecule has 0 spiro atoms. The minimum absolute atomic E-state index is 0.159. The highest BCUT2D eigenvalue weighted by Gasteiger charge is 2.31. The Morgan fingerprint density at radius 3 is 2.26 bits per heavy atom. The molecule has 128 valence electrons. The highest BCUT2D eigenvalue weighted by molar-refractivity contribution is 5.76. The van der Waals surface area contributed by atoms with Crippen molar-refractivity contribution in [3.63, 3.8) is 0 Å². The minimum atomic E-state index is -0.256. The Kier molecular flexibility index (Phi) is 6.64. The van der Waals surface area contributed by atoms with Crippen LogP contribution in [0.2, 0.25) is 0 Å². The van der Waals surface area contributed by atoms with Crippen LogP contribution in [-0.4, -0.2) is 19.1 Å². The highest BCUT2D eigenvalue weighted by atomic mass is 16.5. The summed E-state index contributed by atoms with van der Waals surface area (Å²) in [6.45, 7) is 6.25. The fourth-order valence-corrected chi connectivity index (χ4v) is 3.60. The molecule has 1 fully saturated rings. The molecule has 1 aromatic rings. The maximum atomic E-state index is 12.2. The van der Waals surface area contributed by atoms with Gasteiger partial charge in [-0.1, -0.05) is 62.9 Å². The van der Waals surface area contributed by atoms with E-state index in [0.29, 0.717) is 5.92 Å². The van der Waals surface area contributed by atoms with Gasteiger partial charge in [-0.25, -0.2) is 0 Å². The standard InChI is InChI=1S/C20H31NO2/c1-14(2)18(20(22)23-4)21-19(16-8-6-5-7-9-16)17-12-10-15(3)11-13-17/h10-14,16,18-19,21H,5-9H2,1-4H3/t18-,19-/m0/s1. The van der Waals surface area contributed by atoms with E-state index in [-0.39, 0.29) is 24.0 Å². The molecule has 1 aliphatic rings. The van der Waals surface area contributed by atoms with Gasteiger partial charge in [-0.05, 0) is 37.2 Å². The number of hydrogen-bond donors (Lipinski definition) is 1. The third-order valence-electron chi connectivity index (χ3n) is 5.04. The molecule has 0 aromatic heterocycles.